The van der Waals surface area contributed by atoms with Gasteiger partial charge in [0.1, 0.15) is 0 Å². The lowest BCUT2D eigenvalue weighted by molar-refractivity contribution is -0.138. The van der Waals surface area contributed by atoms with Crippen LogP contribution in [0, 0.1) is 25.7 Å². The first kappa shape index (κ1) is 28.3. The molecule has 0 fully saturated rings. The van der Waals surface area contributed by atoms with Gasteiger partial charge in [-0.3, -0.25) is 9.80 Å². The second kappa shape index (κ2) is 11.3. The first-order valence-corrected chi connectivity index (χ1v) is 13.1. The van der Waals surface area contributed by atoms with Gasteiger partial charge in [-0.1, -0.05) is 24.0 Å². The third-order valence-electron chi connectivity index (χ3n) is 6.72. The second-order valence-corrected chi connectivity index (χ2v) is 9.92. The molecule has 1 amide bonds. The Morgan fingerprint density at radius 2 is 1.81 bits per heavy atom. The van der Waals surface area contributed by atoms with E-state index in [-0.39, 0.29) is 23.4 Å². The number of benzene rings is 2. The summed E-state index contributed by atoms with van der Waals surface area (Å²) in [5, 5.41) is 11.4. The maximum Gasteiger partial charge on any atom is 0.416 e. The molecule has 1 aliphatic heterocycles. The van der Waals surface area contributed by atoms with Crippen molar-refractivity contribution in [3.8, 4) is 11.8 Å². The Morgan fingerprint density at radius 1 is 1.02 bits per heavy atom. The van der Waals surface area contributed by atoms with E-state index in [1.54, 1.807) is 59.4 Å². The summed E-state index contributed by atoms with van der Waals surface area (Å²) in [5.41, 5.74) is 7.27. The first-order valence-electron chi connectivity index (χ1n) is 13.1. The minimum absolute atomic E-state index is 0.0106. The van der Waals surface area contributed by atoms with Crippen molar-refractivity contribution in [3.05, 3.63) is 112 Å². The zero-order valence-electron chi connectivity index (χ0n) is 23.4. The van der Waals surface area contributed by atoms with Crippen molar-refractivity contribution in [2.45, 2.75) is 33.5 Å². The summed E-state index contributed by atoms with van der Waals surface area (Å²) in [6, 6.07) is 10.7. The fourth-order valence-corrected chi connectivity index (χ4v) is 4.32. The van der Waals surface area contributed by atoms with Crippen LogP contribution in [0.5, 0.6) is 0 Å². The zero-order valence-corrected chi connectivity index (χ0v) is 23.4. The molecule has 2 aromatic carbocycles. The van der Waals surface area contributed by atoms with Gasteiger partial charge in [0.2, 0.25) is 5.95 Å². The third-order valence-corrected chi connectivity index (χ3v) is 6.72. The number of hydrogen-bond acceptors (Lipinski definition) is 6. The second-order valence-electron chi connectivity index (χ2n) is 9.92. The summed E-state index contributed by atoms with van der Waals surface area (Å²) >= 11 is 0. The molecule has 11 heteroatoms. The quantitative estimate of drug-likeness (QED) is 0.263. The summed E-state index contributed by atoms with van der Waals surface area (Å²) in [4.78, 5) is 17.4. The predicted molar refractivity (Wildman–Crippen MR) is 155 cm³/mol. The lowest BCUT2D eigenvalue weighted by Crippen LogP contribution is -2.31. The maximum atomic E-state index is 14.0. The van der Waals surface area contributed by atoms with Crippen molar-refractivity contribution in [2.24, 2.45) is 0 Å². The molecule has 42 heavy (non-hydrogen) atoms. The number of nitrogens with one attached hydrogen (secondary N) is 3. The van der Waals surface area contributed by atoms with Gasteiger partial charge in [0.05, 0.1) is 12.1 Å². The van der Waals surface area contributed by atoms with E-state index in [1.807, 2.05) is 26.8 Å². The summed E-state index contributed by atoms with van der Waals surface area (Å²) < 4.78 is 43.5. The highest BCUT2D eigenvalue weighted by Gasteiger charge is 2.34. The molecule has 3 heterocycles. The molecule has 214 valence electrons. The van der Waals surface area contributed by atoms with Crippen LogP contribution in [0.2, 0.25) is 0 Å². The van der Waals surface area contributed by atoms with Gasteiger partial charge >= 0.3 is 6.18 Å². The number of alkyl halides is 3. The summed E-state index contributed by atoms with van der Waals surface area (Å²) in [6.45, 7) is 5.66. The van der Waals surface area contributed by atoms with Gasteiger partial charge in [0, 0.05) is 48.0 Å². The average Bonchev–Trinajstić information content (AvgIpc) is 3.35. The van der Waals surface area contributed by atoms with Gasteiger partial charge in [-0.15, -0.1) is 5.10 Å². The van der Waals surface area contributed by atoms with E-state index in [9.17, 15) is 18.0 Å². The van der Waals surface area contributed by atoms with E-state index in [2.05, 4.69) is 38.0 Å². The van der Waals surface area contributed by atoms with Crippen molar-refractivity contribution in [3.63, 3.8) is 0 Å². The number of fused-ring (bicyclic) bond motifs is 1. The molecule has 0 saturated carbocycles. The average molecular weight is 572 g/mol. The number of amides is 1. The Labute approximate surface area is 240 Å². The Kier molecular flexibility index (Phi) is 7.63. The van der Waals surface area contributed by atoms with Crippen LogP contribution in [0.25, 0.3) is 5.65 Å². The largest absolute Gasteiger partial charge is 0.416 e. The zero-order chi connectivity index (χ0) is 30.0. The van der Waals surface area contributed by atoms with E-state index in [1.165, 1.54) is 12.1 Å². The molecular formula is C31H28F3N7O. The van der Waals surface area contributed by atoms with Gasteiger partial charge in [-0.25, -0.2) is 4.52 Å². The van der Waals surface area contributed by atoms with E-state index in [0.717, 1.165) is 28.3 Å². The predicted octanol–water partition coefficient (Wildman–Crippen LogP) is 5.80. The first-order chi connectivity index (χ1) is 20.0. The number of rotatable bonds is 5. The fraction of sp³-hybridized carbons (Fsp3) is 0.194. The molecular weight excluding hydrogens is 543 g/mol. The lowest BCUT2D eigenvalue weighted by atomic mass is 10.0. The molecule has 0 aliphatic carbocycles. The number of allylic oxidation sites excluding steroid dienone is 2. The van der Waals surface area contributed by atoms with Crippen LogP contribution in [-0.2, 0) is 12.7 Å². The van der Waals surface area contributed by atoms with Crippen LogP contribution in [0.4, 0.5) is 24.8 Å². The topological polar surface area (TPSA) is 86.6 Å². The van der Waals surface area contributed by atoms with E-state index in [4.69, 9.17) is 0 Å². The molecule has 8 nitrogen and oxygen atoms in total. The SMILES string of the molecule is CNc1nc2cc(C)c(C#Cc3cc(C(=O)Nc4ccc(CN5C=CC(C)=CN5)c(C(F)(F)F)c4)ccc3C)cn2n1. The fourth-order valence-electron chi connectivity index (χ4n) is 4.32. The Hall–Kier alpha value is -5.24. The minimum atomic E-state index is -4.60. The van der Waals surface area contributed by atoms with Gasteiger partial charge in [0.25, 0.3) is 5.91 Å². The number of hydrazine groups is 1. The molecule has 0 unspecified atom stereocenters. The highest BCUT2D eigenvalue weighted by molar-refractivity contribution is 6.04. The van der Waals surface area contributed by atoms with E-state index in [0.29, 0.717) is 17.2 Å². The molecule has 0 saturated heterocycles. The van der Waals surface area contributed by atoms with Crippen molar-refractivity contribution in [1.29, 1.82) is 0 Å². The van der Waals surface area contributed by atoms with Crippen molar-refractivity contribution < 1.29 is 18.0 Å². The van der Waals surface area contributed by atoms with Crippen LogP contribution < -0.4 is 16.1 Å². The number of hydrogen-bond donors (Lipinski definition) is 3. The monoisotopic (exact) mass is 571 g/mol. The molecule has 1 aliphatic rings. The molecule has 0 bridgehead atoms. The van der Waals surface area contributed by atoms with Crippen molar-refractivity contribution in [1.82, 2.24) is 25.0 Å². The number of anilines is 2. The van der Waals surface area contributed by atoms with Crippen LogP contribution >= 0.6 is 0 Å². The Morgan fingerprint density at radius 3 is 2.52 bits per heavy atom. The van der Waals surface area contributed by atoms with Gasteiger partial charge < -0.3 is 16.1 Å². The smallest absolute Gasteiger partial charge is 0.356 e. The molecule has 5 rings (SSSR count). The van der Waals surface area contributed by atoms with E-state index >= 15 is 0 Å². The van der Waals surface area contributed by atoms with Crippen LogP contribution in [0.3, 0.4) is 0 Å². The molecule has 0 radical (unpaired) electrons. The maximum absolute atomic E-state index is 14.0. The highest BCUT2D eigenvalue weighted by atomic mass is 19.4. The minimum Gasteiger partial charge on any atom is -0.356 e. The van der Waals surface area contributed by atoms with Gasteiger partial charge in [-0.05, 0) is 79.4 Å². The van der Waals surface area contributed by atoms with Crippen LogP contribution in [0.15, 0.2) is 72.7 Å². The normalized spacial score (nSPS) is 12.8. The van der Waals surface area contributed by atoms with Crippen molar-refractivity contribution >= 4 is 23.2 Å². The molecule has 4 aromatic rings. The van der Waals surface area contributed by atoms with Crippen molar-refractivity contribution in [2.75, 3.05) is 17.7 Å². The number of pyridine rings is 1. The molecule has 0 atom stereocenters. The van der Waals surface area contributed by atoms with E-state index < -0.39 is 17.6 Å². The Balaban J connectivity index is 1.37. The summed E-state index contributed by atoms with van der Waals surface area (Å²) in [5.74, 6) is 6.21. The standard InChI is InChI=1S/C31H28F3N7O/c1-19-11-12-40(36-16-19)17-25-9-10-26(15-27(25)31(32,33)34)37-29(42)23-6-5-20(2)22(14-23)7-8-24-18-41-28(13-21(24)3)38-30(35-4)39-41/h5-6,9-16,18,36H,17H2,1-4H3,(H,35,39)(H,37,42). The van der Waals surface area contributed by atoms with Crippen LogP contribution in [0.1, 0.15) is 50.7 Å². The lowest BCUT2D eigenvalue weighted by Gasteiger charge is -2.25. The number of aromatic nitrogens is 3. The third kappa shape index (κ3) is 6.23. The number of aryl methyl sites for hydroxylation is 2. The van der Waals surface area contributed by atoms with Gasteiger partial charge in [0.15, 0.2) is 5.65 Å². The molecule has 0 spiro atoms. The number of carbonyl (C=O) groups is 1. The summed E-state index contributed by atoms with van der Waals surface area (Å²) in [6.07, 6.45) is 2.37. The summed E-state index contributed by atoms with van der Waals surface area (Å²) in [7, 11) is 1.74. The van der Waals surface area contributed by atoms with Gasteiger partial charge in [-0.2, -0.15) is 18.2 Å². The molecule has 2 aromatic heterocycles. The molecule has 3 N–H and O–H groups in total. The number of nitrogens with zero attached hydrogens (tertiary/aromatic N) is 4. The number of carbonyl (C=O) groups excluding carboxylic acids is 1. The van der Waals surface area contributed by atoms with Crippen LogP contribution in [-0.4, -0.2) is 32.6 Å². The highest BCUT2D eigenvalue weighted by Crippen LogP contribution is 2.34. The number of halogens is 3. The Bertz CT molecular complexity index is 1810.